The molecule has 156 valence electrons. The van der Waals surface area contributed by atoms with Gasteiger partial charge in [-0.05, 0) is 77.6 Å². The highest BCUT2D eigenvalue weighted by atomic mass is 127. The molecule has 3 rings (SSSR count). The van der Waals surface area contributed by atoms with Crippen LogP contribution in [-0.2, 0) is 9.59 Å². The van der Waals surface area contributed by atoms with Crippen LogP contribution in [0.5, 0.6) is 17.2 Å². The van der Waals surface area contributed by atoms with Crippen LogP contribution < -0.4 is 24.4 Å². The van der Waals surface area contributed by atoms with Crippen LogP contribution in [0.2, 0.25) is 0 Å². The number of hydrogen-bond acceptors (Lipinski definition) is 6. The summed E-state index contributed by atoms with van der Waals surface area (Å²) in [7, 11) is 3.02. The summed E-state index contributed by atoms with van der Waals surface area (Å²) in [5, 5.41) is 2.20. The number of carbonyl (C=O) groups is 3. The first-order valence-electron chi connectivity index (χ1n) is 8.95. The predicted molar refractivity (Wildman–Crippen MR) is 119 cm³/mol. The number of rotatable bonds is 6. The van der Waals surface area contributed by atoms with Crippen molar-refractivity contribution in [2.75, 3.05) is 25.7 Å². The molecule has 2 aromatic carbocycles. The number of imide groups is 2. The lowest BCUT2D eigenvalue weighted by Crippen LogP contribution is -2.54. The van der Waals surface area contributed by atoms with Crippen molar-refractivity contribution >= 4 is 52.2 Å². The van der Waals surface area contributed by atoms with Crippen molar-refractivity contribution in [3.63, 3.8) is 0 Å². The van der Waals surface area contributed by atoms with Crippen LogP contribution in [0.3, 0.4) is 0 Å². The molecule has 1 aliphatic heterocycles. The summed E-state index contributed by atoms with van der Waals surface area (Å²) in [4.78, 5) is 38.6. The van der Waals surface area contributed by atoms with Gasteiger partial charge in [0.2, 0.25) is 0 Å². The summed E-state index contributed by atoms with van der Waals surface area (Å²) in [5.74, 6) is 0.139. The molecule has 0 aliphatic carbocycles. The fraction of sp³-hybridized carbons (Fsp3) is 0.190. The minimum Gasteiger partial charge on any atom is -0.497 e. The second kappa shape index (κ2) is 9.16. The van der Waals surface area contributed by atoms with Gasteiger partial charge in [-0.1, -0.05) is 0 Å². The quantitative estimate of drug-likeness (QED) is 0.355. The Morgan fingerprint density at radius 2 is 1.77 bits per heavy atom. The van der Waals surface area contributed by atoms with Gasteiger partial charge in [-0.2, -0.15) is 0 Å². The Morgan fingerprint density at radius 1 is 1.07 bits per heavy atom. The average Bonchev–Trinajstić information content (AvgIpc) is 2.73. The van der Waals surface area contributed by atoms with E-state index in [0.29, 0.717) is 35.1 Å². The standard InChI is InChI=1S/C21H19IN2O6/c1-4-30-18-16(22)10-12(11-17(18)29-3)9-15-19(25)23-21(27)24(20(15)26)13-5-7-14(28-2)8-6-13/h5-11H,4H2,1-3H3,(H,23,25,27)/b15-9+. The molecule has 0 aromatic heterocycles. The van der Waals surface area contributed by atoms with E-state index in [4.69, 9.17) is 14.2 Å². The van der Waals surface area contributed by atoms with Crippen molar-refractivity contribution in [3.05, 3.63) is 51.1 Å². The zero-order chi connectivity index (χ0) is 21.8. The Hall–Kier alpha value is -3.08. The zero-order valence-electron chi connectivity index (χ0n) is 16.5. The van der Waals surface area contributed by atoms with Gasteiger partial charge < -0.3 is 14.2 Å². The third-order valence-electron chi connectivity index (χ3n) is 4.28. The SMILES string of the molecule is CCOc1c(I)cc(/C=C2\C(=O)NC(=O)N(c3ccc(OC)cc3)C2=O)cc1OC. The normalized spacial score (nSPS) is 15.3. The number of carbonyl (C=O) groups excluding carboxylic acids is 3. The lowest BCUT2D eigenvalue weighted by molar-refractivity contribution is -0.122. The summed E-state index contributed by atoms with van der Waals surface area (Å²) < 4.78 is 16.8. The van der Waals surface area contributed by atoms with Crippen molar-refractivity contribution in [1.82, 2.24) is 5.32 Å². The van der Waals surface area contributed by atoms with Gasteiger partial charge in [-0.3, -0.25) is 14.9 Å². The summed E-state index contributed by atoms with van der Waals surface area (Å²) >= 11 is 2.09. The number of anilines is 1. The van der Waals surface area contributed by atoms with E-state index in [1.54, 1.807) is 36.4 Å². The maximum absolute atomic E-state index is 13.0. The summed E-state index contributed by atoms with van der Waals surface area (Å²) in [6.07, 6.45) is 1.42. The highest BCUT2D eigenvalue weighted by Gasteiger charge is 2.36. The van der Waals surface area contributed by atoms with Crippen molar-refractivity contribution in [2.45, 2.75) is 6.92 Å². The number of urea groups is 1. The van der Waals surface area contributed by atoms with Crippen molar-refractivity contribution in [1.29, 1.82) is 0 Å². The molecule has 8 nitrogen and oxygen atoms in total. The summed E-state index contributed by atoms with van der Waals surface area (Å²) in [6, 6.07) is 8.97. The first kappa shape index (κ1) is 21.6. The van der Waals surface area contributed by atoms with E-state index in [2.05, 4.69) is 27.9 Å². The molecule has 0 bridgehead atoms. The van der Waals surface area contributed by atoms with Crippen LogP contribution in [0, 0.1) is 3.57 Å². The molecule has 1 aliphatic rings. The number of methoxy groups -OCH3 is 2. The number of halogens is 1. The van der Waals surface area contributed by atoms with Gasteiger partial charge in [0.25, 0.3) is 11.8 Å². The topological polar surface area (TPSA) is 94.2 Å². The molecule has 0 saturated carbocycles. The number of benzene rings is 2. The van der Waals surface area contributed by atoms with Gasteiger partial charge in [-0.25, -0.2) is 9.69 Å². The minimum atomic E-state index is -0.814. The molecule has 1 saturated heterocycles. The fourth-order valence-electron chi connectivity index (χ4n) is 2.90. The lowest BCUT2D eigenvalue weighted by Gasteiger charge is -2.26. The molecule has 1 fully saturated rings. The Labute approximate surface area is 186 Å². The largest absolute Gasteiger partial charge is 0.497 e. The second-order valence-electron chi connectivity index (χ2n) is 6.12. The third-order valence-corrected chi connectivity index (χ3v) is 5.09. The molecular weight excluding hydrogens is 503 g/mol. The van der Waals surface area contributed by atoms with Crippen LogP contribution in [0.25, 0.3) is 6.08 Å². The van der Waals surface area contributed by atoms with Crippen LogP contribution in [0.1, 0.15) is 12.5 Å². The number of nitrogens with one attached hydrogen (secondary N) is 1. The minimum absolute atomic E-state index is 0.174. The number of amides is 4. The number of nitrogens with zero attached hydrogens (tertiary/aromatic N) is 1. The molecule has 0 atom stereocenters. The van der Waals surface area contributed by atoms with E-state index in [1.807, 2.05) is 6.92 Å². The van der Waals surface area contributed by atoms with Gasteiger partial charge in [0.15, 0.2) is 11.5 Å². The molecule has 30 heavy (non-hydrogen) atoms. The molecule has 9 heteroatoms. The Kier molecular flexibility index (Phi) is 6.60. The first-order chi connectivity index (χ1) is 14.4. The Morgan fingerprint density at radius 3 is 2.37 bits per heavy atom. The molecule has 0 unspecified atom stereocenters. The van der Waals surface area contributed by atoms with Crippen LogP contribution in [0.15, 0.2) is 42.0 Å². The fourth-order valence-corrected chi connectivity index (χ4v) is 3.68. The number of ether oxygens (including phenoxy) is 3. The van der Waals surface area contributed by atoms with Crippen LogP contribution in [-0.4, -0.2) is 38.7 Å². The first-order valence-corrected chi connectivity index (χ1v) is 10.0. The number of barbiturate groups is 1. The Bertz CT molecular complexity index is 1030. The van der Waals surface area contributed by atoms with E-state index in [0.717, 1.165) is 8.47 Å². The van der Waals surface area contributed by atoms with Gasteiger partial charge in [0, 0.05) is 0 Å². The van der Waals surface area contributed by atoms with Crippen molar-refractivity contribution in [2.24, 2.45) is 0 Å². The number of hydrogen-bond donors (Lipinski definition) is 1. The smallest absolute Gasteiger partial charge is 0.335 e. The maximum Gasteiger partial charge on any atom is 0.335 e. The summed E-state index contributed by atoms with van der Waals surface area (Å²) in [5.41, 5.74) is 0.699. The monoisotopic (exact) mass is 522 g/mol. The molecule has 2 aromatic rings. The maximum atomic E-state index is 13.0. The molecule has 0 radical (unpaired) electrons. The van der Waals surface area contributed by atoms with Crippen molar-refractivity contribution in [3.8, 4) is 17.2 Å². The molecule has 1 heterocycles. The van der Waals surface area contributed by atoms with E-state index in [1.165, 1.54) is 20.3 Å². The predicted octanol–water partition coefficient (Wildman–Crippen LogP) is 3.37. The van der Waals surface area contributed by atoms with E-state index < -0.39 is 17.8 Å². The Balaban J connectivity index is 2.01. The lowest BCUT2D eigenvalue weighted by atomic mass is 10.1. The van der Waals surface area contributed by atoms with Crippen molar-refractivity contribution < 1.29 is 28.6 Å². The molecule has 0 spiro atoms. The third kappa shape index (κ3) is 4.25. The van der Waals surface area contributed by atoms with Gasteiger partial charge in [-0.15, -0.1) is 0 Å². The van der Waals surface area contributed by atoms with Gasteiger partial charge in [0.1, 0.15) is 11.3 Å². The summed E-state index contributed by atoms with van der Waals surface area (Å²) in [6.45, 7) is 2.33. The van der Waals surface area contributed by atoms with Crippen LogP contribution >= 0.6 is 22.6 Å². The highest BCUT2D eigenvalue weighted by Crippen LogP contribution is 2.35. The average molecular weight is 522 g/mol. The highest BCUT2D eigenvalue weighted by molar-refractivity contribution is 14.1. The van der Waals surface area contributed by atoms with E-state index in [-0.39, 0.29) is 5.57 Å². The zero-order valence-corrected chi connectivity index (χ0v) is 18.7. The van der Waals surface area contributed by atoms with Crippen LogP contribution in [0.4, 0.5) is 10.5 Å². The van der Waals surface area contributed by atoms with E-state index in [9.17, 15) is 14.4 Å². The second-order valence-corrected chi connectivity index (χ2v) is 7.29. The molecule has 4 amide bonds. The molecular formula is C21H19IN2O6. The van der Waals surface area contributed by atoms with E-state index >= 15 is 0 Å². The molecule has 1 N–H and O–H groups in total. The van der Waals surface area contributed by atoms with Gasteiger partial charge in [0.05, 0.1) is 30.1 Å². The van der Waals surface area contributed by atoms with Gasteiger partial charge >= 0.3 is 6.03 Å².